The van der Waals surface area contributed by atoms with Gasteiger partial charge in [-0.3, -0.25) is 4.98 Å². The molecular weight excluding hydrogens is 347 g/mol. The van der Waals surface area contributed by atoms with Crippen molar-refractivity contribution in [1.29, 1.82) is 0 Å². The molecule has 1 heterocycles. The Bertz CT molecular complexity index is 690. The van der Waals surface area contributed by atoms with Gasteiger partial charge in [-0.1, -0.05) is 40.2 Å². The monoisotopic (exact) mass is 358 g/mol. The number of nitrogens with one attached hydrogen (secondary N) is 1. The Balaban J connectivity index is 2.09. The molecule has 106 valence electrons. The molecule has 0 saturated carbocycles. The summed E-state index contributed by atoms with van der Waals surface area (Å²) >= 11 is 3.34. The Morgan fingerprint density at radius 3 is 2.40 bits per heavy atom. The average Bonchev–Trinajstić information content (AvgIpc) is 2.46. The molecule has 4 nitrogen and oxygen atoms in total. The summed E-state index contributed by atoms with van der Waals surface area (Å²) in [6, 6.07) is 8.42. The van der Waals surface area contributed by atoms with Crippen molar-refractivity contribution < 1.29 is 12.8 Å². The molecule has 0 unspecified atom stereocenters. The average molecular weight is 359 g/mol. The first kappa shape index (κ1) is 15.1. The minimum Gasteiger partial charge on any atom is -0.260 e. The van der Waals surface area contributed by atoms with Gasteiger partial charge in [0, 0.05) is 18.1 Å². The predicted molar refractivity (Wildman–Crippen MR) is 77.3 cm³/mol. The molecule has 2 rings (SSSR count). The summed E-state index contributed by atoms with van der Waals surface area (Å²) < 4.78 is 39.3. The molecule has 0 atom stereocenters. The first-order valence-corrected chi connectivity index (χ1v) is 8.36. The Morgan fingerprint density at radius 2 is 1.80 bits per heavy atom. The molecule has 1 aromatic carbocycles. The summed E-state index contributed by atoms with van der Waals surface area (Å²) in [5.41, 5.74) is 1.92. The van der Waals surface area contributed by atoms with E-state index in [-0.39, 0.29) is 11.4 Å². The van der Waals surface area contributed by atoms with E-state index in [1.54, 1.807) is 0 Å². The number of aromatic nitrogens is 1. The predicted octanol–water partition coefficient (Wildman–Crippen LogP) is 2.59. The van der Waals surface area contributed by atoms with E-state index in [4.69, 9.17) is 0 Å². The normalized spacial score (nSPS) is 11.5. The van der Waals surface area contributed by atoms with Gasteiger partial charge in [-0.2, -0.15) is 0 Å². The molecule has 0 aliphatic heterocycles. The fourth-order valence-electron chi connectivity index (χ4n) is 1.55. The van der Waals surface area contributed by atoms with Gasteiger partial charge >= 0.3 is 0 Å². The van der Waals surface area contributed by atoms with Crippen LogP contribution in [0.25, 0.3) is 0 Å². The van der Waals surface area contributed by atoms with Crippen LogP contribution in [-0.4, -0.2) is 13.4 Å². The van der Waals surface area contributed by atoms with Crippen LogP contribution in [0.1, 0.15) is 11.1 Å². The van der Waals surface area contributed by atoms with Gasteiger partial charge in [-0.25, -0.2) is 17.5 Å². The van der Waals surface area contributed by atoms with Crippen LogP contribution in [0.3, 0.4) is 0 Å². The summed E-state index contributed by atoms with van der Waals surface area (Å²) in [4.78, 5) is 3.34. The Labute approximate surface area is 125 Å². The van der Waals surface area contributed by atoms with Gasteiger partial charge in [-0.05, 0) is 17.2 Å². The highest BCUT2D eigenvalue weighted by molar-refractivity contribution is 9.08. The summed E-state index contributed by atoms with van der Waals surface area (Å²) in [5.74, 6) is -0.686. The van der Waals surface area contributed by atoms with E-state index in [9.17, 15) is 12.8 Å². The Kier molecular flexibility index (Phi) is 4.85. The molecule has 0 aliphatic carbocycles. The van der Waals surface area contributed by atoms with Crippen LogP contribution in [0.4, 0.5) is 4.39 Å². The van der Waals surface area contributed by atoms with Crippen LogP contribution in [0.5, 0.6) is 0 Å². The second-order valence-corrected chi connectivity index (χ2v) is 6.44. The van der Waals surface area contributed by atoms with Crippen molar-refractivity contribution in [2.24, 2.45) is 0 Å². The molecular formula is C13H12BrFN2O2S. The molecule has 0 amide bonds. The third-order valence-corrected chi connectivity index (χ3v) is 4.65. The van der Waals surface area contributed by atoms with E-state index in [1.165, 1.54) is 0 Å². The number of sulfonamides is 1. The minimum atomic E-state index is -3.76. The quantitative estimate of drug-likeness (QED) is 0.835. The summed E-state index contributed by atoms with van der Waals surface area (Å²) in [6.07, 6.45) is 2.07. The van der Waals surface area contributed by atoms with Crippen LogP contribution in [0, 0.1) is 5.82 Å². The zero-order valence-electron chi connectivity index (χ0n) is 10.4. The van der Waals surface area contributed by atoms with Crippen molar-refractivity contribution in [3.63, 3.8) is 0 Å². The van der Waals surface area contributed by atoms with Gasteiger partial charge in [0.15, 0.2) is 0 Å². The number of alkyl halides is 1. The second kappa shape index (κ2) is 6.43. The maximum atomic E-state index is 13.0. The molecule has 7 heteroatoms. The number of rotatable bonds is 5. The van der Waals surface area contributed by atoms with Crippen LogP contribution in [0.15, 0.2) is 47.6 Å². The SMILES string of the molecule is O=S(=O)(NCc1ccc(CBr)cc1)c1cncc(F)c1. The highest BCUT2D eigenvalue weighted by Gasteiger charge is 2.14. The van der Waals surface area contributed by atoms with Crippen LogP contribution < -0.4 is 4.72 Å². The number of benzene rings is 1. The Hall–Kier alpha value is -1.31. The third-order valence-electron chi connectivity index (χ3n) is 2.63. The van der Waals surface area contributed by atoms with Gasteiger partial charge in [0.25, 0.3) is 0 Å². The zero-order valence-corrected chi connectivity index (χ0v) is 12.8. The summed E-state index contributed by atoms with van der Waals surface area (Å²) in [7, 11) is -3.76. The Morgan fingerprint density at radius 1 is 1.15 bits per heavy atom. The van der Waals surface area contributed by atoms with E-state index in [0.29, 0.717) is 0 Å². The highest BCUT2D eigenvalue weighted by Crippen LogP contribution is 2.11. The van der Waals surface area contributed by atoms with E-state index in [0.717, 1.165) is 34.9 Å². The number of pyridine rings is 1. The maximum absolute atomic E-state index is 13.0. The van der Waals surface area contributed by atoms with Gasteiger partial charge in [0.2, 0.25) is 10.0 Å². The van der Waals surface area contributed by atoms with Crippen molar-refractivity contribution in [2.75, 3.05) is 0 Å². The molecule has 20 heavy (non-hydrogen) atoms. The number of halogens is 2. The van der Waals surface area contributed by atoms with Gasteiger partial charge < -0.3 is 0 Å². The van der Waals surface area contributed by atoms with Gasteiger partial charge in [0.05, 0.1) is 6.20 Å². The summed E-state index contributed by atoms with van der Waals surface area (Å²) in [6.45, 7) is 0.140. The molecule has 0 fully saturated rings. The highest BCUT2D eigenvalue weighted by atomic mass is 79.9. The van der Waals surface area contributed by atoms with Crippen molar-refractivity contribution >= 4 is 26.0 Å². The topological polar surface area (TPSA) is 59.1 Å². The lowest BCUT2D eigenvalue weighted by molar-refractivity contribution is 0.575. The zero-order chi connectivity index (χ0) is 14.6. The van der Waals surface area contributed by atoms with Crippen LogP contribution in [0.2, 0.25) is 0 Å². The van der Waals surface area contributed by atoms with E-state index in [1.807, 2.05) is 24.3 Å². The van der Waals surface area contributed by atoms with E-state index >= 15 is 0 Å². The number of hydrogen-bond acceptors (Lipinski definition) is 3. The fraction of sp³-hybridized carbons (Fsp3) is 0.154. The standard InChI is InChI=1S/C13H12BrFN2O2S/c14-6-10-1-3-11(4-2-10)7-17-20(18,19)13-5-12(15)8-16-9-13/h1-5,8-9,17H,6-7H2. The van der Waals surface area contributed by atoms with Gasteiger partial charge in [-0.15, -0.1) is 0 Å². The smallest absolute Gasteiger partial charge is 0.242 e. The molecule has 0 spiro atoms. The first-order valence-electron chi connectivity index (χ1n) is 5.75. The van der Waals surface area contributed by atoms with Crippen LogP contribution in [-0.2, 0) is 21.9 Å². The maximum Gasteiger partial charge on any atom is 0.242 e. The molecule has 0 aliphatic rings. The molecule has 0 radical (unpaired) electrons. The second-order valence-electron chi connectivity index (χ2n) is 4.11. The van der Waals surface area contributed by atoms with Crippen molar-refractivity contribution in [3.05, 3.63) is 59.7 Å². The van der Waals surface area contributed by atoms with E-state index in [2.05, 4.69) is 25.6 Å². The van der Waals surface area contributed by atoms with Crippen molar-refractivity contribution in [3.8, 4) is 0 Å². The lowest BCUT2D eigenvalue weighted by Crippen LogP contribution is -2.23. The lowest BCUT2D eigenvalue weighted by atomic mass is 10.2. The number of hydrogen-bond donors (Lipinski definition) is 1. The third kappa shape index (κ3) is 3.84. The lowest BCUT2D eigenvalue weighted by Gasteiger charge is -2.07. The number of nitrogens with zero attached hydrogens (tertiary/aromatic N) is 1. The largest absolute Gasteiger partial charge is 0.260 e. The molecule has 0 saturated heterocycles. The first-order chi connectivity index (χ1) is 9.51. The van der Waals surface area contributed by atoms with Gasteiger partial charge in [0.1, 0.15) is 10.7 Å². The molecule has 0 bridgehead atoms. The summed E-state index contributed by atoms with van der Waals surface area (Å²) in [5, 5.41) is 0.744. The minimum absolute atomic E-state index is 0.140. The molecule has 1 N–H and O–H groups in total. The van der Waals surface area contributed by atoms with Crippen LogP contribution >= 0.6 is 15.9 Å². The molecule has 1 aromatic heterocycles. The fourth-order valence-corrected chi connectivity index (χ4v) is 2.91. The molecule has 2 aromatic rings. The van der Waals surface area contributed by atoms with Crippen molar-refractivity contribution in [2.45, 2.75) is 16.8 Å². The van der Waals surface area contributed by atoms with E-state index < -0.39 is 15.8 Å². The van der Waals surface area contributed by atoms with Crippen molar-refractivity contribution in [1.82, 2.24) is 9.71 Å².